The number of hydrogen-bond donors (Lipinski definition) is 1. The molecular formula is C19H37NO. The molecule has 0 aromatic carbocycles. The minimum Gasteiger partial charge on any atom is -0.374 e. The fourth-order valence-corrected chi connectivity index (χ4v) is 4.73. The first kappa shape index (κ1) is 17.3. The third kappa shape index (κ3) is 4.45. The number of nitrogens with one attached hydrogen (secondary N) is 1. The van der Waals surface area contributed by atoms with Crippen molar-refractivity contribution in [2.45, 2.75) is 96.6 Å². The Balaban J connectivity index is 2.14. The molecule has 0 aromatic heterocycles. The molecule has 2 fully saturated rings. The topological polar surface area (TPSA) is 21.3 Å². The van der Waals surface area contributed by atoms with Crippen LogP contribution in [0, 0.1) is 11.8 Å². The Labute approximate surface area is 132 Å². The zero-order valence-corrected chi connectivity index (χ0v) is 14.6. The van der Waals surface area contributed by atoms with E-state index < -0.39 is 0 Å². The third-order valence-electron chi connectivity index (χ3n) is 5.91. The summed E-state index contributed by atoms with van der Waals surface area (Å²) in [5, 5.41) is 3.87. The maximum absolute atomic E-state index is 6.47. The Morgan fingerprint density at radius 2 is 1.62 bits per heavy atom. The minimum absolute atomic E-state index is 0.117. The molecule has 1 unspecified atom stereocenters. The lowest BCUT2D eigenvalue weighted by atomic mass is 9.70. The first-order valence-corrected chi connectivity index (χ1v) is 9.59. The monoisotopic (exact) mass is 295 g/mol. The molecule has 0 spiro atoms. The van der Waals surface area contributed by atoms with E-state index in [1.807, 2.05) is 0 Å². The van der Waals surface area contributed by atoms with Crippen molar-refractivity contribution in [2.75, 3.05) is 13.2 Å². The number of ether oxygens (including phenoxy) is 1. The molecule has 0 amide bonds. The van der Waals surface area contributed by atoms with Crippen molar-refractivity contribution < 1.29 is 4.74 Å². The van der Waals surface area contributed by atoms with Crippen LogP contribution >= 0.6 is 0 Å². The predicted molar refractivity (Wildman–Crippen MR) is 90.6 cm³/mol. The summed E-state index contributed by atoms with van der Waals surface area (Å²) >= 11 is 0. The Kier molecular flexibility index (Phi) is 7.01. The fraction of sp³-hybridized carbons (Fsp3) is 1.00. The maximum atomic E-state index is 6.47. The average Bonchev–Trinajstić information content (AvgIpc) is 2.77. The van der Waals surface area contributed by atoms with Gasteiger partial charge in [-0.1, -0.05) is 39.5 Å². The second-order valence-electron chi connectivity index (χ2n) is 7.47. The van der Waals surface area contributed by atoms with Crippen LogP contribution in [0.3, 0.4) is 0 Å². The molecule has 2 aliphatic carbocycles. The van der Waals surface area contributed by atoms with Crippen LogP contribution in [0.25, 0.3) is 0 Å². The highest BCUT2D eigenvalue weighted by molar-refractivity contribution is 5.00. The summed E-state index contributed by atoms with van der Waals surface area (Å²) in [5.41, 5.74) is 0.117. The Bertz CT molecular complexity index is 275. The fourth-order valence-electron chi connectivity index (χ4n) is 4.73. The van der Waals surface area contributed by atoms with Crippen LogP contribution in [-0.4, -0.2) is 24.8 Å². The molecule has 2 heteroatoms. The molecule has 0 radical (unpaired) electrons. The van der Waals surface area contributed by atoms with Crippen LogP contribution in [-0.2, 0) is 4.74 Å². The van der Waals surface area contributed by atoms with Crippen LogP contribution < -0.4 is 5.32 Å². The van der Waals surface area contributed by atoms with Crippen molar-refractivity contribution in [1.82, 2.24) is 5.32 Å². The van der Waals surface area contributed by atoms with Gasteiger partial charge in [0.15, 0.2) is 0 Å². The highest BCUT2D eigenvalue weighted by Gasteiger charge is 2.44. The summed E-state index contributed by atoms with van der Waals surface area (Å²) in [6.07, 6.45) is 13.7. The first-order valence-electron chi connectivity index (χ1n) is 9.59. The molecule has 0 bridgehead atoms. The largest absolute Gasteiger partial charge is 0.374 e. The lowest BCUT2D eigenvalue weighted by Crippen LogP contribution is -2.57. The summed E-state index contributed by atoms with van der Waals surface area (Å²) in [6.45, 7) is 8.78. The van der Waals surface area contributed by atoms with Crippen LogP contribution in [0.5, 0.6) is 0 Å². The van der Waals surface area contributed by atoms with Gasteiger partial charge in [-0.15, -0.1) is 0 Å². The van der Waals surface area contributed by atoms with Crippen LogP contribution in [0.4, 0.5) is 0 Å². The smallest absolute Gasteiger partial charge is 0.0837 e. The van der Waals surface area contributed by atoms with E-state index in [0.717, 1.165) is 25.0 Å². The molecule has 0 aromatic rings. The summed E-state index contributed by atoms with van der Waals surface area (Å²) < 4.78 is 6.47. The van der Waals surface area contributed by atoms with E-state index in [-0.39, 0.29) is 5.60 Å². The van der Waals surface area contributed by atoms with Gasteiger partial charge in [-0.3, -0.25) is 0 Å². The van der Waals surface area contributed by atoms with Crippen LogP contribution in [0.1, 0.15) is 85.0 Å². The zero-order chi connectivity index (χ0) is 15.1. The van der Waals surface area contributed by atoms with Crippen LogP contribution in [0.2, 0.25) is 0 Å². The summed E-state index contributed by atoms with van der Waals surface area (Å²) in [4.78, 5) is 0. The standard InChI is InChI=1S/C19H37NO/c1-4-20-18(17-10-8-6-7-9-11-17)19(21-5-2)14-12-16(3)13-15-19/h16-18,20H,4-15H2,1-3H3. The van der Waals surface area contributed by atoms with Gasteiger partial charge in [-0.05, 0) is 63.8 Å². The Morgan fingerprint density at radius 1 is 1.00 bits per heavy atom. The van der Waals surface area contributed by atoms with E-state index in [9.17, 15) is 0 Å². The molecule has 0 aliphatic heterocycles. The van der Waals surface area contributed by atoms with Crippen LogP contribution in [0.15, 0.2) is 0 Å². The van der Waals surface area contributed by atoms with Gasteiger partial charge >= 0.3 is 0 Å². The predicted octanol–water partition coefficient (Wildman–Crippen LogP) is 4.92. The van der Waals surface area contributed by atoms with E-state index in [4.69, 9.17) is 4.74 Å². The molecular weight excluding hydrogens is 258 g/mol. The molecule has 21 heavy (non-hydrogen) atoms. The molecule has 124 valence electrons. The molecule has 2 nitrogen and oxygen atoms in total. The molecule has 0 saturated heterocycles. The van der Waals surface area contributed by atoms with Gasteiger partial charge in [-0.25, -0.2) is 0 Å². The lowest BCUT2D eigenvalue weighted by molar-refractivity contribution is -0.109. The minimum atomic E-state index is 0.117. The Hall–Kier alpha value is -0.0800. The molecule has 0 heterocycles. The molecule has 2 rings (SSSR count). The third-order valence-corrected chi connectivity index (χ3v) is 5.91. The van der Waals surface area contributed by atoms with Gasteiger partial charge in [0.1, 0.15) is 0 Å². The van der Waals surface area contributed by atoms with E-state index in [2.05, 4.69) is 26.1 Å². The molecule has 1 N–H and O–H groups in total. The summed E-state index contributed by atoms with van der Waals surface area (Å²) in [6, 6.07) is 0.577. The van der Waals surface area contributed by atoms with Gasteiger partial charge in [-0.2, -0.15) is 0 Å². The van der Waals surface area contributed by atoms with Gasteiger partial charge in [0, 0.05) is 12.6 Å². The Morgan fingerprint density at radius 3 is 2.14 bits per heavy atom. The van der Waals surface area contributed by atoms with E-state index in [0.29, 0.717) is 6.04 Å². The second-order valence-corrected chi connectivity index (χ2v) is 7.47. The number of hydrogen-bond acceptors (Lipinski definition) is 2. The van der Waals surface area contributed by atoms with Crippen molar-refractivity contribution in [3.8, 4) is 0 Å². The van der Waals surface area contributed by atoms with Gasteiger partial charge in [0.25, 0.3) is 0 Å². The number of likely N-dealkylation sites (N-methyl/N-ethyl adjacent to an activating group) is 1. The highest BCUT2D eigenvalue weighted by Crippen LogP contribution is 2.42. The van der Waals surface area contributed by atoms with E-state index in [1.165, 1.54) is 64.2 Å². The molecule has 2 aliphatic rings. The van der Waals surface area contributed by atoms with Crippen molar-refractivity contribution in [1.29, 1.82) is 0 Å². The van der Waals surface area contributed by atoms with E-state index >= 15 is 0 Å². The summed E-state index contributed by atoms with van der Waals surface area (Å²) in [5.74, 6) is 1.71. The lowest BCUT2D eigenvalue weighted by Gasteiger charge is -2.48. The maximum Gasteiger partial charge on any atom is 0.0837 e. The quantitative estimate of drug-likeness (QED) is 0.702. The van der Waals surface area contributed by atoms with Gasteiger partial charge < -0.3 is 10.1 Å². The van der Waals surface area contributed by atoms with Gasteiger partial charge in [0.05, 0.1) is 5.60 Å². The van der Waals surface area contributed by atoms with Gasteiger partial charge in [0.2, 0.25) is 0 Å². The zero-order valence-electron chi connectivity index (χ0n) is 14.6. The average molecular weight is 296 g/mol. The normalized spacial score (nSPS) is 33.6. The van der Waals surface area contributed by atoms with Crippen molar-refractivity contribution in [3.63, 3.8) is 0 Å². The molecule has 1 atom stereocenters. The molecule has 2 saturated carbocycles. The first-order chi connectivity index (χ1) is 10.2. The second kappa shape index (κ2) is 8.53. The van der Waals surface area contributed by atoms with Crippen molar-refractivity contribution >= 4 is 0 Å². The number of rotatable bonds is 6. The van der Waals surface area contributed by atoms with Crippen molar-refractivity contribution in [3.05, 3.63) is 0 Å². The summed E-state index contributed by atoms with van der Waals surface area (Å²) in [7, 11) is 0. The van der Waals surface area contributed by atoms with Crippen molar-refractivity contribution in [2.24, 2.45) is 11.8 Å². The van der Waals surface area contributed by atoms with E-state index in [1.54, 1.807) is 0 Å². The SMILES string of the molecule is CCNC(C1CCCCCC1)C1(OCC)CCC(C)CC1. The highest BCUT2D eigenvalue weighted by atomic mass is 16.5.